The van der Waals surface area contributed by atoms with Gasteiger partial charge in [0.1, 0.15) is 0 Å². The number of carbonyl (C=O) groups is 1. The van der Waals surface area contributed by atoms with Crippen LogP contribution in [0.3, 0.4) is 0 Å². The molecule has 0 aromatic carbocycles. The summed E-state index contributed by atoms with van der Waals surface area (Å²) in [5.41, 5.74) is 0. The zero-order valence-corrected chi connectivity index (χ0v) is 10.8. The van der Waals surface area contributed by atoms with Gasteiger partial charge in [0.15, 0.2) is 0 Å². The summed E-state index contributed by atoms with van der Waals surface area (Å²) in [6.45, 7) is 5.84. The van der Waals surface area contributed by atoms with Crippen LogP contribution in [0.15, 0.2) is 0 Å². The van der Waals surface area contributed by atoms with E-state index in [-0.39, 0.29) is 18.1 Å². The molecular formula is C13H25NO2. The predicted octanol–water partition coefficient (Wildman–Crippen LogP) is 2.64. The smallest absolute Gasteiger partial charge is 0.307 e. The van der Waals surface area contributed by atoms with Crippen molar-refractivity contribution in [3.63, 3.8) is 0 Å². The summed E-state index contributed by atoms with van der Waals surface area (Å²) >= 11 is 0. The molecule has 0 amide bonds. The standard InChI is InChI=1S/C13H25NO2/c1-10(2)16-13(15)9-11(3)14-12-7-5-4-6-8-12/h10-12,14H,4-9H2,1-3H3. The summed E-state index contributed by atoms with van der Waals surface area (Å²) in [5.74, 6) is -0.0918. The number of hydrogen-bond acceptors (Lipinski definition) is 3. The summed E-state index contributed by atoms with van der Waals surface area (Å²) in [6, 6.07) is 0.838. The van der Waals surface area contributed by atoms with Gasteiger partial charge in [0.2, 0.25) is 0 Å². The largest absolute Gasteiger partial charge is 0.463 e. The lowest BCUT2D eigenvalue weighted by Gasteiger charge is -2.26. The molecule has 0 heterocycles. The summed E-state index contributed by atoms with van der Waals surface area (Å²) in [4.78, 5) is 11.4. The van der Waals surface area contributed by atoms with E-state index in [1.54, 1.807) is 0 Å². The van der Waals surface area contributed by atoms with Crippen LogP contribution in [-0.2, 0) is 9.53 Å². The molecule has 1 aliphatic carbocycles. The lowest BCUT2D eigenvalue weighted by molar-refractivity contribution is -0.147. The predicted molar refractivity (Wildman–Crippen MR) is 65.3 cm³/mol. The molecule has 1 rings (SSSR count). The van der Waals surface area contributed by atoms with E-state index in [1.165, 1.54) is 32.1 Å². The Kier molecular flexibility index (Phi) is 5.81. The van der Waals surface area contributed by atoms with Gasteiger partial charge >= 0.3 is 5.97 Å². The SMILES string of the molecule is CC(CC(=O)OC(C)C)NC1CCCCC1. The first-order valence-electron chi connectivity index (χ1n) is 6.53. The summed E-state index contributed by atoms with van der Waals surface area (Å²) in [7, 11) is 0. The first kappa shape index (κ1) is 13.5. The topological polar surface area (TPSA) is 38.3 Å². The van der Waals surface area contributed by atoms with Crippen molar-refractivity contribution in [2.24, 2.45) is 0 Å². The summed E-state index contributed by atoms with van der Waals surface area (Å²) < 4.78 is 5.13. The third-order valence-electron chi connectivity index (χ3n) is 2.97. The van der Waals surface area contributed by atoms with Crippen LogP contribution in [0.1, 0.15) is 59.3 Å². The van der Waals surface area contributed by atoms with E-state index in [1.807, 2.05) is 13.8 Å². The van der Waals surface area contributed by atoms with Crippen LogP contribution >= 0.6 is 0 Å². The first-order valence-corrected chi connectivity index (χ1v) is 6.53. The quantitative estimate of drug-likeness (QED) is 0.734. The Bertz CT molecular complexity index is 210. The third-order valence-corrected chi connectivity index (χ3v) is 2.97. The van der Waals surface area contributed by atoms with Gasteiger partial charge in [-0.05, 0) is 33.6 Å². The molecule has 1 N–H and O–H groups in total. The average molecular weight is 227 g/mol. The maximum absolute atomic E-state index is 11.4. The van der Waals surface area contributed by atoms with Crippen molar-refractivity contribution < 1.29 is 9.53 Å². The second-order valence-electron chi connectivity index (χ2n) is 5.15. The molecule has 0 aliphatic heterocycles. The van der Waals surface area contributed by atoms with Crippen LogP contribution in [0.2, 0.25) is 0 Å². The molecule has 1 saturated carbocycles. The zero-order chi connectivity index (χ0) is 12.0. The van der Waals surface area contributed by atoms with Crippen LogP contribution in [0.25, 0.3) is 0 Å². The van der Waals surface area contributed by atoms with E-state index in [0.29, 0.717) is 12.5 Å². The number of nitrogens with one attached hydrogen (secondary N) is 1. The molecular weight excluding hydrogens is 202 g/mol. The molecule has 16 heavy (non-hydrogen) atoms. The Morgan fingerprint density at radius 3 is 2.44 bits per heavy atom. The highest BCUT2D eigenvalue weighted by Gasteiger charge is 2.17. The number of carbonyl (C=O) groups excluding carboxylic acids is 1. The molecule has 0 aromatic heterocycles. The third kappa shape index (κ3) is 5.50. The van der Waals surface area contributed by atoms with Crippen molar-refractivity contribution in [2.45, 2.75) is 77.5 Å². The van der Waals surface area contributed by atoms with Crippen LogP contribution in [0.4, 0.5) is 0 Å². The van der Waals surface area contributed by atoms with E-state index in [4.69, 9.17) is 4.74 Å². The fraction of sp³-hybridized carbons (Fsp3) is 0.923. The minimum absolute atomic E-state index is 0.00520. The summed E-state index contributed by atoms with van der Waals surface area (Å²) in [5, 5.41) is 3.52. The molecule has 1 atom stereocenters. The minimum Gasteiger partial charge on any atom is -0.463 e. The maximum atomic E-state index is 11.4. The van der Waals surface area contributed by atoms with Crippen LogP contribution in [0, 0.1) is 0 Å². The van der Waals surface area contributed by atoms with E-state index in [0.717, 1.165) is 0 Å². The van der Waals surface area contributed by atoms with Crippen molar-refractivity contribution in [3.05, 3.63) is 0 Å². The zero-order valence-electron chi connectivity index (χ0n) is 10.8. The van der Waals surface area contributed by atoms with E-state index >= 15 is 0 Å². The molecule has 3 nitrogen and oxygen atoms in total. The van der Waals surface area contributed by atoms with Crippen LogP contribution in [0.5, 0.6) is 0 Å². The molecule has 0 bridgehead atoms. The van der Waals surface area contributed by atoms with E-state index in [2.05, 4.69) is 12.2 Å². The fourth-order valence-corrected chi connectivity index (χ4v) is 2.29. The van der Waals surface area contributed by atoms with Crippen molar-refractivity contribution >= 4 is 5.97 Å². The monoisotopic (exact) mass is 227 g/mol. The molecule has 94 valence electrons. The Morgan fingerprint density at radius 1 is 1.25 bits per heavy atom. The molecule has 3 heteroatoms. The number of esters is 1. The molecule has 0 radical (unpaired) electrons. The Hall–Kier alpha value is -0.570. The first-order chi connectivity index (χ1) is 7.58. The van der Waals surface area contributed by atoms with Gasteiger partial charge in [0.25, 0.3) is 0 Å². The van der Waals surface area contributed by atoms with Gasteiger partial charge in [0, 0.05) is 12.1 Å². The van der Waals surface area contributed by atoms with Gasteiger partial charge in [-0.3, -0.25) is 4.79 Å². The Labute approximate surface area is 98.9 Å². The van der Waals surface area contributed by atoms with E-state index in [9.17, 15) is 4.79 Å². The number of hydrogen-bond donors (Lipinski definition) is 1. The molecule has 0 saturated heterocycles. The molecule has 0 spiro atoms. The normalized spacial score (nSPS) is 19.8. The second-order valence-corrected chi connectivity index (χ2v) is 5.15. The Balaban J connectivity index is 2.18. The van der Waals surface area contributed by atoms with Gasteiger partial charge < -0.3 is 10.1 Å². The van der Waals surface area contributed by atoms with Gasteiger partial charge in [-0.1, -0.05) is 19.3 Å². The highest BCUT2D eigenvalue weighted by atomic mass is 16.5. The molecule has 1 fully saturated rings. The maximum Gasteiger partial charge on any atom is 0.307 e. The average Bonchev–Trinajstić information content (AvgIpc) is 2.17. The lowest BCUT2D eigenvalue weighted by atomic mass is 9.95. The highest BCUT2D eigenvalue weighted by molar-refractivity contribution is 5.70. The minimum atomic E-state index is -0.0918. The van der Waals surface area contributed by atoms with Crippen molar-refractivity contribution in [3.8, 4) is 0 Å². The van der Waals surface area contributed by atoms with Crippen LogP contribution in [-0.4, -0.2) is 24.2 Å². The van der Waals surface area contributed by atoms with Gasteiger partial charge in [0.05, 0.1) is 12.5 Å². The Morgan fingerprint density at radius 2 is 1.88 bits per heavy atom. The van der Waals surface area contributed by atoms with Crippen LogP contribution < -0.4 is 5.32 Å². The van der Waals surface area contributed by atoms with E-state index < -0.39 is 0 Å². The molecule has 1 unspecified atom stereocenters. The molecule has 1 aliphatic rings. The lowest BCUT2D eigenvalue weighted by Crippen LogP contribution is -2.39. The van der Waals surface area contributed by atoms with Crippen molar-refractivity contribution in [1.29, 1.82) is 0 Å². The number of rotatable bonds is 5. The van der Waals surface area contributed by atoms with Gasteiger partial charge in [-0.15, -0.1) is 0 Å². The number of ether oxygens (including phenoxy) is 1. The van der Waals surface area contributed by atoms with Gasteiger partial charge in [-0.2, -0.15) is 0 Å². The highest BCUT2D eigenvalue weighted by Crippen LogP contribution is 2.18. The van der Waals surface area contributed by atoms with Crippen molar-refractivity contribution in [1.82, 2.24) is 5.32 Å². The van der Waals surface area contributed by atoms with Gasteiger partial charge in [-0.25, -0.2) is 0 Å². The fourth-order valence-electron chi connectivity index (χ4n) is 2.29. The second kappa shape index (κ2) is 6.89. The van der Waals surface area contributed by atoms with Crippen molar-refractivity contribution in [2.75, 3.05) is 0 Å². The molecule has 0 aromatic rings. The summed E-state index contributed by atoms with van der Waals surface area (Å²) in [6.07, 6.45) is 6.99.